The van der Waals surface area contributed by atoms with Crippen molar-refractivity contribution < 1.29 is 23.3 Å². The standard InChI is InChI=1S/C14H27N2O5P/c1-11(2)16(12(3)4)22(20-9-7-8-15)21-10-13(18-5)14(17)19-6/h11-13H,7,9-10H2,1-6H3/t13-,22?/m1/s1. The molecule has 22 heavy (non-hydrogen) atoms. The average Bonchev–Trinajstić information content (AvgIpc) is 2.46. The van der Waals surface area contributed by atoms with Crippen molar-refractivity contribution in [2.24, 2.45) is 0 Å². The maximum absolute atomic E-state index is 11.5. The zero-order valence-electron chi connectivity index (χ0n) is 14.2. The summed E-state index contributed by atoms with van der Waals surface area (Å²) >= 11 is 0. The van der Waals surface area contributed by atoms with Crippen LogP contribution in [-0.2, 0) is 23.3 Å². The molecule has 0 aliphatic carbocycles. The zero-order chi connectivity index (χ0) is 17.1. The second-order valence-corrected chi connectivity index (χ2v) is 6.54. The first-order valence-corrected chi connectivity index (χ1v) is 8.33. The number of hydrogen-bond donors (Lipinski definition) is 0. The smallest absolute Gasteiger partial charge is 0.337 e. The molecular formula is C14H27N2O5P. The van der Waals surface area contributed by atoms with Gasteiger partial charge in [-0.25, -0.2) is 9.46 Å². The monoisotopic (exact) mass is 334 g/mol. The lowest BCUT2D eigenvalue weighted by molar-refractivity contribution is -0.154. The molecule has 7 nitrogen and oxygen atoms in total. The Balaban J connectivity index is 4.84. The third kappa shape index (κ3) is 7.48. The molecule has 0 amide bonds. The summed E-state index contributed by atoms with van der Waals surface area (Å²) in [6.45, 7) is 8.49. The lowest BCUT2D eigenvalue weighted by Gasteiger charge is -2.35. The van der Waals surface area contributed by atoms with Crippen LogP contribution in [-0.4, -0.2) is 56.3 Å². The van der Waals surface area contributed by atoms with Gasteiger partial charge in [-0.15, -0.1) is 0 Å². The Bertz CT molecular complexity index is 352. The molecule has 0 aliphatic heterocycles. The van der Waals surface area contributed by atoms with E-state index in [1.165, 1.54) is 14.2 Å². The highest BCUT2D eigenvalue weighted by atomic mass is 31.2. The highest BCUT2D eigenvalue weighted by molar-refractivity contribution is 7.44. The minimum absolute atomic E-state index is 0.0391. The molecule has 0 aromatic heterocycles. The minimum atomic E-state index is -1.39. The molecule has 0 saturated carbocycles. The normalized spacial score (nSPS) is 14.2. The Hall–Kier alpha value is -0.770. The fourth-order valence-electron chi connectivity index (χ4n) is 1.81. The van der Waals surface area contributed by atoms with Gasteiger partial charge >= 0.3 is 5.97 Å². The molecular weight excluding hydrogens is 307 g/mol. The fraction of sp³-hybridized carbons (Fsp3) is 0.857. The second kappa shape index (κ2) is 11.8. The van der Waals surface area contributed by atoms with Crippen molar-refractivity contribution in [3.8, 4) is 6.07 Å². The van der Waals surface area contributed by atoms with Crippen LogP contribution >= 0.6 is 8.53 Å². The minimum Gasteiger partial charge on any atom is -0.467 e. The van der Waals surface area contributed by atoms with Crippen molar-refractivity contribution >= 4 is 14.5 Å². The number of hydrogen-bond acceptors (Lipinski definition) is 7. The van der Waals surface area contributed by atoms with E-state index in [1.807, 2.05) is 33.8 Å². The van der Waals surface area contributed by atoms with E-state index in [9.17, 15) is 4.79 Å². The topological polar surface area (TPSA) is 81.0 Å². The summed E-state index contributed by atoms with van der Waals surface area (Å²) < 4.78 is 23.3. The number of nitrogens with zero attached hydrogens (tertiary/aromatic N) is 2. The van der Waals surface area contributed by atoms with Crippen molar-refractivity contribution in [2.75, 3.05) is 27.4 Å². The van der Waals surface area contributed by atoms with E-state index in [0.29, 0.717) is 0 Å². The number of esters is 1. The van der Waals surface area contributed by atoms with Crippen molar-refractivity contribution in [3.63, 3.8) is 0 Å². The molecule has 0 radical (unpaired) electrons. The second-order valence-electron chi connectivity index (χ2n) is 5.09. The molecule has 0 fully saturated rings. The fourth-order valence-corrected chi connectivity index (χ4v) is 3.41. The largest absolute Gasteiger partial charge is 0.467 e. The maximum Gasteiger partial charge on any atom is 0.337 e. The van der Waals surface area contributed by atoms with Crippen molar-refractivity contribution in [1.82, 2.24) is 4.67 Å². The van der Waals surface area contributed by atoms with Crippen LogP contribution in [0.2, 0.25) is 0 Å². The summed E-state index contributed by atoms with van der Waals surface area (Å²) in [5, 5.41) is 8.64. The van der Waals surface area contributed by atoms with E-state index in [-0.39, 0.29) is 31.7 Å². The lowest BCUT2D eigenvalue weighted by atomic mass is 10.3. The zero-order valence-corrected chi connectivity index (χ0v) is 15.1. The van der Waals surface area contributed by atoms with Crippen molar-refractivity contribution in [3.05, 3.63) is 0 Å². The summed E-state index contributed by atoms with van der Waals surface area (Å²) in [7, 11) is 1.34. The van der Waals surface area contributed by atoms with Gasteiger partial charge in [0.05, 0.1) is 32.8 Å². The van der Waals surface area contributed by atoms with Crippen molar-refractivity contribution in [1.29, 1.82) is 5.26 Å². The first-order chi connectivity index (χ1) is 10.4. The lowest BCUT2D eigenvalue weighted by Crippen LogP contribution is -2.35. The predicted octanol–water partition coefficient (Wildman–Crippen LogP) is 2.47. The first kappa shape index (κ1) is 21.2. The van der Waals surface area contributed by atoms with Crippen LogP contribution < -0.4 is 0 Å². The van der Waals surface area contributed by atoms with Crippen LogP contribution in [0, 0.1) is 11.3 Å². The molecule has 0 rings (SSSR count). The van der Waals surface area contributed by atoms with Crippen LogP contribution in [0.15, 0.2) is 0 Å². The van der Waals surface area contributed by atoms with Crippen LogP contribution in [0.1, 0.15) is 34.1 Å². The summed E-state index contributed by atoms with van der Waals surface area (Å²) in [5.74, 6) is -0.491. The molecule has 0 saturated heterocycles. The Morgan fingerprint density at radius 3 is 2.18 bits per heavy atom. The molecule has 0 N–H and O–H groups in total. The predicted molar refractivity (Wildman–Crippen MR) is 84.0 cm³/mol. The molecule has 0 heterocycles. The Morgan fingerprint density at radius 1 is 1.18 bits per heavy atom. The highest BCUT2D eigenvalue weighted by Gasteiger charge is 2.29. The molecule has 1 unspecified atom stereocenters. The number of rotatable bonds is 11. The van der Waals surface area contributed by atoms with E-state index in [4.69, 9.17) is 19.0 Å². The molecule has 0 aromatic carbocycles. The quantitative estimate of drug-likeness (QED) is 0.326. The van der Waals surface area contributed by atoms with E-state index >= 15 is 0 Å². The van der Waals surface area contributed by atoms with Gasteiger partial charge in [-0.05, 0) is 27.7 Å². The molecule has 128 valence electrons. The van der Waals surface area contributed by atoms with E-state index < -0.39 is 20.6 Å². The maximum atomic E-state index is 11.5. The van der Waals surface area contributed by atoms with Gasteiger partial charge in [0.2, 0.25) is 0 Å². The first-order valence-electron chi connectivity index (χ1n) is 7.20. The van der Waals surface area contributed by atoms with Gasteiger partial charge in [0, 0.05) is 19.2 Å². The van der Waals surface area contributed by atoms with E-state index in [0.717, 1.165) is 0 Å². The third-order valence-electron chi connectivity index (χ3n) is 2.75. The summed E-state index contributed by atoms with van der Waals surface area (Å²) in [6, 6.07) is 2.44. The Kier molecular flexibility index (Phi) is 11.3. The van der Waals surface area contributed by atoms with Crippen LogP contribution in [0.4, 0.5) is 0 Å². The van der Waals surface area contributed by atoms with E-state index in [2.05, 4.69) is 9.41 Å². The van der Waals surface area contributed by atoms with Crippen molar-refractivity contribution in [2.45, 2.75) is 52.3 Å². The number of methoxy groups -OCH3 is 2. The van der Waals surface area contributed by atoms with Gasteiger partial charge < -0.3 is 18.5 Å². The number of nitriles is 1. The summed E-state index contributed by atoms with van der Waals surface area (Å²) in [4.78, 5) is 11.5. The van der Waals surface area contributed by atoms with Gasteiger partial charge in [-0.3, -0.25) is 0 Å². The average molecular weight is 334 g/mol. The van der Waals surface area contributed by atoms with Gasteiger partial charge in [-0.2, -0.15) is 5.26 Å². The van der Waals surface area contributed by atoms with Crippen LogP contribution in [0.25, 0.3) is 0 Å². The molecule has 0 spiro atoms. The SMILES string of the molecule is COC(=O)[C@@H](COP(OCCC#N)N(C(C)C)C(C)C)OC. The Labute approximate surface area is 134 Å². The number of carbonyl (C=O) groups is 1. The van der Waals surface area contributed by atoms with Gasteiger partial charge in [0.25, 0.3) is 8.53 Å². The molecule has 0 aliphatic rings. The van der Waals surface area contributed by atoms with Crippen LogP contribution in [0.3, 0.4) is 0 Å². The summed E-state index contributed by atoms with van der Waals surface area (Å²) in [6.07, 6.45) is -0.507. The van der Waals surface area contributed by atoms with Gasteiger partial charge in [-0.1, -0.05) is 0 Å². The molecule has 8 heteroatoms. The number of carbonyl (C=O) groups excluding carboxylic acids is 1. The van der Waals surface area contributed by atoms with Gasteiger partial charge in [0.1, 0.15) is 0 Å². The number of ether oxygens (including phenoxy) is 2. The Morgan fingerprint density at radius 2 is 1.77 bits per heavy atom. The highest BCUT2D eigenvalue weighted by Crippen LogP contribution is 2.46. The molecule has 0 aromatic rings. The van der Waals surface area contributed by atoms with Crippen LogP contribution in [0.5, 0.6) is 0 Å². The molecule has 2 atom stereocenters. The molecule has 0 bridgehead atoms. The third-order valence-corrected chi connectivity index (χ3v) is 4.82. The van der Waals surface area contributed by atoms with Gasteiger partial charge in [0.15, 0.2) is 6.10 Å². The summed E-state index contributed by atoms with van der Waals surface area (Å²) in [5.41, 5.74) is 0. The van der Waals surface area contributed by atoms with E-state index in [1.54, 1.807) is 0 Å².